The molecule has 0 spiro atoms. The van der Waals surface area contributed by atoms with Crippen molar-refractivity contribution in [2.24, 2.45) is 0 Å². The van der Waals surface area contributed by atoms with Crippen LogP contribution in [-0.2, 0) is 11.3 Å². The molecule has 0 radical (unpaired) electrons. The number of nitrogens with zero attached hydrogens (tertiary/aromatic N) is 5. The molecular weight excluding hydrogens is 461 g/mol. The molecule has 1 saturated carbocycles. The maximum absolute atomic E-state index is 12.4. The molecule has 9 heteroatoms. The lowest BCUT2D eigenvalue weighted by molar-refractivity contribution is -0.149. The molecule has 2 aromatic heterocycles. The minimum absolute atomic E-state index is 0.231. The van der Waals surface area contributed by atoms with E-state index in [1.165, 1.54) is 26.7 Å². The summed E-state index contributed by atoms with van der Waals surface area (Å²) < 4.78 is 2.13. The standard InChI is InChI=1S/C24H27Cl2N5O2/c1-24(2,33)23(32)30-9-7-29(8-10-30)14-20-22(17-6-5-16(25)11-18(17)26)28-21-12-27-19(13-31(20)21)15-3-4-15/h5-6,11-13,15,33H,3-4,7-10,14H2,1-2H3. The smallest absolute Gasteiger partial charge is 0.254 e. The molecule has 5 rings (SSSR count). The van der Waals surface area contributed by atoms with Crippen molar-refractivity contribution in [1.29, 1.82) is 0 Å². The first-order valence-corrected chi connectivity index (χ1v) is 12.0. The summed E-state index contributed by atoms with van der Waals surface area (Å²) in [7, 11) is 0. The molecule has 1 N–H and O–H groups in total. The van der Waals surface area contributed by atoms with Crippen molar-refractivity contribution >= 4 is 34.8 Å². The molecule has 1 saturated heterocycles. The van der Waals surface area contributed by atoms with E-state index in [1.807, 2.05) is 18.3 Å². The van der Waals surface area contributed by atoms with Crippen LogP contribution in [0.5, 0.6) is 0 Å². The summed E-state index contributed by atoms with van der Waals surface area (Å²) in [5, 5.41) is 11.2. The molecule has 1 aliphatic carbocycles. The first-order valence-electron chi connectivity index (χ1n) is 11.3. The van der Waals surface area contributed by atoms with E-state index in [0.717, 1.165) is 28.3 Å². The van der Waals surface area contributed by atoms with Crippen LogP contribution in [0, 0.1) is 0 Å². The largest absolute Gasteiger partial charge is 0.381 e. The van der Waals surface area contributed by atoms with E-state index >= 15 is 0 Å². The van der Waals surface area contributed by atoms with Gasteiger partial charge in [0, 0.05) is 55.4 Å². The topological polar surface area (TPSA) is 74.0 Å². The minimum Gasteiger partial charge on any atom is -0.381 e. The van der Waals surface area contributed by atoms with Crippen LogP contribution in [0.4, 0.5) is 0 Å². The Morgan fingerprint density at radius 3 is 2.55 bits per heavy atom. The van der Waals surface area contributed by atoms with Crippen molar-refractivity contribution in [3.05, 3.63) is 52.0 Å². The SMILES string of the molecule is CC(C)(O)C(=O)N1CCN(Cc2c(-c3ccc(Cl)cc3Cl)nc3cnc(C4CC4)cn23)CC1. The van der Waals surface area contributed by atoms with Gasteiger partial charge in [-0.3, -0.25) is 19.1 Å². The van der Waals surface area contributed by atoms with Crippen LogP contribution in [0.2, 0.25) is 10.0 Å². The van der Waals surface area contributed by atoms with Gasteiger partial charge in [0.05, 0.1) is 28.3 Å². The lowest BCUT2D eigenvalue weighted by Gasteiger charge is -2.37. The number of benzene rings is 1. The Kier molecular flexibility index (Phi) is 5.85. The second-order valence-corrected chi connectivity index (χ2v) is 10.3. The van der Waals surface area contributed by atoms with Gasteiger partial charge in [0.25, 0.3) is 5.91 Å². The van der Waals surface area contributed by atoms with Gasteiger partial charge in [-0.05, 0) is 44.9 Å². The van der Waals surface area contributed by atoms with Gasteiger partial charge in [-0.25, -0.2) is 4.98 Å². The zero-order chi connectivity index (χ0) is 23.3. The van der Waals surface area contributed by atoms with Gasteiger partial charge in [0.15, 0.2) is 5.65 Å². The summed E-state index contributed by atoms with van der Waals surface area (Å²) in [4.78, 5) is 26.0. The van der Waals surface area contributed by atoms with Crippen LogP contribution < -0.4 is 0 Å². The fourth-order valence-electron chi connectivity index (χ4n) is 4.36. The summed E-state index contributed by atoms with van der Waals surface area (Å²) in [5.74, 6) is 0.300. The van der Waals surface area contributed by atoms with Gasteiger partial charge >= 0.3 is 0 Å². The lowest BCUT2D eigenvalue weighted by atomic mass is 10.1. The van der Waals surface area contributed by atoms with Gasteiger partial charge in [-0.2, -0.15) is 0 Å². The van der Waals surface area contributed by atoms with Crippen molar-refractivity contribution in [1.82, 2.24) is 24.2 Å². The summed E-state index contributed by atoms with van der Waals surface area (Å²) in [6.07, 6.45) is 6.30. The summed E-state index contributed by atoms with van der Waals surface area (Å²) in [6, 6.07) is 5.47. The maximum Gasteiger partial charge on any atom is 0.254 e. The highest BCUT2D eigenvalue weighted by Gasteiger charge is 2.32. The first-order chi connectivity index (χ1) is 15.7. The Morgan fingerprint density at radius 1 is 1.18 bits per heavy atom. The third kappa shape index (κ3) is 4.60. The van der Waals surface area contributed by atoms with Crippen molar-refractivity contribution in [3.8, 4) is 11.3 Å². The number of aliphatic hydroxyl groups is 1. The Hall–Kier alpha value is -2.19. The number of rotatable bonds is 5. The predicted octanol–water partition coefficient (Wildman–Crippen LogP) is 4.00. The molecule has 3 aromatic rings. The molecule has 2 aliphatic rings. The fourth-order valence-corrected chi connectivity index (χ4v) is 4.86. The zero-order valence-corrected chi connectivity index (χ0v) is 20.3. The van der Waals surface area contributed by atoms with E-state index in [2.05, 4.69) is 20.5 Å². The molecule has 0 atom stereocenters. The molecule has 0 unspecified atom stereocenters. The lowest BCUT2D eigenvalue weighted by Crippen LogP contribution is -2.53. The van der Waals surface area contributed by atoms with Crippen molar-refractivity contribution in [3.63, 3.8) is 0 Å². The van der Waals surface area contributed by atoms with Crippen molar-refractivity contribution < 1.29 is 9.90 Å². The minimum atomic E-state index is -1.35. The van der Waals surface area contributed by atoms with Crippen molar-refractivity contribution in [2.45, 2.75) is 44.8 Å². The zero-order valence-electron chi connectivity index (χ0n) is 18.8. The summed E-state index contributed by atoms with van der Waals surface area (Å²) in [5.41, 5.74) is 3.22. The van der Waals surface area contributed by atoms with E-state index in [4.69, 9.17) is 28.2 Å². The van der Waals surface area contributed by atoms with E-state index in [9.17, 15) is 9.90 Å². The molecule has 2 fully saturated rings. The molecule has 3 heterocycles. The van der Waals surface area contributed by atoms with Gasteiger partial charge < -0.3 is 10.0 Å². The summed E-state index contributed by atoms with van der Waals surface area (Å²) in [6.45, 7) is 6.30. The normalized spacial score (nSPS) is 17.7. The van der Waals surface area contributed by atoms with E-state index < -0.39 is 5.60 Å². The molecule has 174 valence electrons. The number of halogens is 2. The van der Waals surface area contributed by atoms with Crippen LogP contribution in [-0.4, -0.2) is 67.0 Å². The number of aromatic nitrogens is 3. The van der Waals surface area contributed by atoms with Gasteiger partial charge in [-0.15, -0.1) is 0 Å². The highest BCUT2D eigenvalue weighted by Crippen LogP contribution is 2.39. The molecule has 33 heavy (non-hydrogen) atoms. The molecule has 0 bridgehead atoms. The average molecular weight is 488 g/mol. The van der Waals surface area contributed by atoms with Crippen LogP contribution >= 0.6 is 23.2 Å². The van der Waals surface area contributed by atoms with Crippen LogP contribution in [0.25, 0.3) is 16.9 Å². The molecule has 1 amide bonds. The van der Waals surface area contributed by atoms with E-state index in [0.29, 0.717) is 48.7 Å². The highest BCUT2D eigenvalue weighted by molar-refractivity contribution is 6.36. The van der Waals surface area contributed by atoms with Crippen LogP contribution in [0.3, 0.4) is 0 Å². The third-order valence-electron chi connectivity index (χ3n) is 6.37. The number of piperazine rings is 1. The number of amides is 1. The van der Waals surface area contributed by atoms with Gasteiger partial charge in [0.2, 0.25) is 0 Å². The molecule has 1 aromatic carbocycles. The van der Waals surface area contributed by atoms with Crippen molar-refractivity contribution in [2.75, 3.05) is 26.2 Å². The second kappa shape index (κ2) is 8.55. The number of carbonyl (C=O) groups is 1. The summed E-state index contributed by atoms with van der Waals surface area (Å²) >= 11 is 12.7. The second-order valence-electron chi connectivity index (χ2n) is 9.47. The highest BCUT2D eigenvalue weighted by atomic mass is 35.5. The first kappa shape index (κ1) is 22.6. The van der Waals surface area contributed by atoms with E-state index in [1.54, 1.807) is 11.0 Å². The van der Waals surface area contributed by atoms with Gasteiger partial charge in [-0.1, -0.05) is 23.2 Å². The number of hydrogen-bond donors (Lipinski definition) is 1. The number of hydrogen-bond acceptors (Lipinski definition) is 5. The van der Waals surface area contributed by atoms with E-state index in [-0.39, 0.29) is 5.91 Å². The average Bonchev–Trinajstić information content (AvgIpc) is 3.56. The van der Waals surface area contributed by atoms with Crippen LogP contribution in [0.15, 0.2) is 30.6 Å². The number of imidazole rings is 1. The third-order valence-corrected chi connectivity index (χ3v) is 6.91. The fraction of sp³-hybridized carbons (Fsp3) is 0.458. The number of carbonyl (C=O) groups excluding carboxylic acids is 1. The Morgan fingerprint density at radius 2 is 1.91 bits per heavy atom. The Labute approximate surface area is 202 Å². The maximum atomic E-state index is 12.4. The molecule has 7 nitrogen and oxygen atoms in total. The quantitative estimate of drug-likeness (QED) is 0.588. The molecular formula is C24H27Cl2N5O2. The molecule has 1 aliphatic heterocycles. The predicted molar refractivity (Wildman–Crippen MR) is 129 cm³/mol. The monoisotopic (exact) mass is 487 g/mol. The van der Waals surface area contributed by atoms with Gasteiger partial charge in [0.1, 0.15) is 5.60 Å². The number of fused-ring (bicyclic) bond motifs is 1. The van der Waals surface area contributed by atoms with Crippen LogP contribution in [0.1, 0.15) is 44.0 Å². The Balaban J connectivity index is 1.47. The Bertz CT molecular complexity index is 1210.